The number of hydrogen-bond acceptors (Lipinski definition) is 7. The Morgan fingerprint density at radius 3 is 2.37 bits per heavy atom. The molecule has 1 unspecified atom stereocenters. The molecule has 4 N–H and O–H groups in total. The summed E-state index contributed by atoms with van der Waals surface area (Å²) in [6, 6.07) is 5.29. The second kappa shape index (κ2) is 15.1. The van der Waals surface area contributed by atoms with Gasteiger partial charge in [-0.25, -0.2) is 0 Å². The number of Topliss-reactive ketones (excluding diaryl/α,β-unsaturated/α-hetero) is 1. The highest BCUT2D eigenvalue weighted by Crippen LogP contribution is 2.16. The van der Waals surface area contributed by atoms with Gasteiger partial charge in [0.25, 0.3) is 0 Å². The number of azide groups is 1. The molecule has 0 aliphatic carbocycles. The molecule has 0 aromatic heterocycles. The maximum atomic E-state index is 12.4. The molecular weight excluding hydrogens is 452 g/mol. The fraction of sp³-hybridized carbons (Fsp3) is 0.625. The molecule has 0 bridgehead atoms. The maximum Gasteiger partial charge on any atom is 0.246 e. The van der Waals surface area contributed by atoms with Crippen molar-refractivity contribution >= 4 is 23.3 Å². The molecule has 0 saturated heterocycles. The smallest absolute Gasteiger partial charge is 0.246 e. The highest BCUT2D eigenvalue weighted by molar-refractivity contribution is 5.97. The van der Waals surface area contributed by atoms with Crippen molar-refractivity contribution in [2.24, 2.45) is 11.0 Å². The number of anilines is 1. The molecule has 11 heteroatoms. The van der Waals surface area contributed by atoms with Crippen molar-refractivity contribution in [2.75, 3.05) is 25.0 Å². The van der Waals surface area contributed by atoms with Crippen LogP contribution in [0.3, 0.4) is 0 Å². The predicted molar refractivity (Wildman–Crippen MR) is 134 cm³/mol. The Bertz CT molecular complexity index is 883. The van der Waals surface area contributed by atoms with E-state index in [9.17, 15) is 14.4 Å². The standard InChI is InChI=1S/C24H38N6O5/c1-16(10-13-35-24(4,5)11-12-27-30-25)21(32)14-26-17(2)22(33)28-18(3)23(34)29-20-8-6-19(15-31)7-9-20/h6-9,16-18,26,31H,10-15H2,1-5H3,(H,28,33)(H,29,34)/t16?,17-,18-/m0/s1. The molecular formula is C24H38N6O5. The van der Waals surface area contributed by atoms with Gasteiger partial charge < -0.3 is 20.5 Å². The summed E-state index contributed by atoms with van der Waals surface area (Å²) in [5.74, 6) is -1.08. The second-order valence-corrected chi connectivity index (χ2v) is 9.15. The minimum Gasteiger partial charge on any atom is -0.392 e. The zero-order valence-electron chi connectivity index (χ0n) is 21.2. The summed E-state index contributed by atoms with van der Waals surface area (Å²) in [7, 11) is 0. The van der Waals surface area contributed by atoms with E-state index in [4.69, 9.17) is 15.4 Å². The molecule has 1 rings (SSSR count). The molecule has 0 fully saturated rings. The number of benzene rings is 1. The van der Waals surface area contributed by atoms with Gasteiger partial charge in [0.15, 0.2) is 0 Å². The fourth-order valence-corrected chi connectivity index (χ4v) is 2.98. The van der Waals surface area contributed by atoms with Gasteiger partial charge in [-0.1, -0.05) is 24.2 Å². The first-order chi connectivity index (χ1) is 16.5. The SMILES string of the molecule is CC(CCOC(C)(C)CCN=[N+]=[N-])C(=O)CN[C@@H](C)C(=O)N[C@@H](C)C(=O)Nc1ccc(CO)cc1. The highest BCUT2D eigenvalue weighted by Gasteiger charge is 2.22. The van der Waals surface area contributed by atoms with E-state index < -0.39 is 23.6 Å². The molecule has 0 saturated carbocycles. The lowest BCUT2D eigenvalue weighted by Gasteiger charge is -2.25. The summed E-state index contributed by atoms with van der Waals surface area (Å²) in [5.41, 5.74) is 9.19. The van der Waals surface area contributed by atoms with Crippen molar-refractivity contribution in [3.63, 3.8) is 0 Å². The van der Waals surface area contributed by atoms with Crippen LogP contribution in [0.25, 0.3) is 10.4 Å². The van der Waals surface area contributed by atoms with Gasteiger partial charge >= 0.3 is 0 Å². The van der Waals surface area contributed by atoms with E-state index in [1.807, 2.05) is 20.8 Å². The number of ether oxygens (including phenoxy) is 1. The van der Waals surface area contributed by atoms with Crippen LogP contribution in [0.15, 0.2) is 29.4 Å². The third-order valence-electron chi connectivity index (χ3n) is 5.60. The first kappa shape index (κ1) is 30.1. The molecule has 0 spiro atoms. The van der Waals surface area contributed by atoms with Gasteiger partial charge in [0.05, 0.1) is 24.8 Å². The molecule has 35 heavy (non-hydrogen) atoms. The molecule has 194 valence electrons. The van der Waals surface area contributed by atoms with Gasteiger partial charge in [-0.05, 0) is 63.8 Å². The van der Waals surface area contributed by atoms with Crippen LogP contribution in [0.2, 0.25) is 0 Å². The molecule has 2 amide bonds. The van der Waals surface area contributed by atoms with E-state index in [1.54, 1.807) is 38.1 Å². The summed E-state index contributed by atoms with van der Waals surface area (Å²) >= 11 is 0. The molecule has 0 aliphatic rings. The van der Waals surface area contributed by atoms with E-state index in [0.29, 0.717) is 31.7 Å². The molecule has 0 aliphatic heterocycles. The first-order valence-corrected chi connectivity index (χ1v) is 11.7. The van der Waals surface area contributed by atoms with Crippen molar-refractivity contribution < 1.29 is 24.2 Å². The van der Waals surface area contributed by atoms with E-state index in [2.05, 4.69) is 26.0 Å². The number of hydrogen-bond donors (Lipinski definition) is 4. The number of aliphatic hydroxyl groups excluding tert-OH is 1. The zero-order chi connectivity index (χ0) is 26.4. The predicted octanol–water partition coefficient (Wildman–Crippen LogP) is 2.69. The average Bonchev–Trinajstić information content (AvgIpc) is 2.82. The van der Waals surface area contributed by atoms with Crippen molar-refractivity contribution in [3.8, 4) is 0 Å². The summed E-state index contributed by atoms with van der Waals surface area (Å²) in [6.45, 7) is 9.49. The Morgan fingerprint density at radius 2 is 1.77 bits per heavy atom. The number of aliphatic hydroxyl groups is 1. The number of carbonyl (C=O) groups is 3. The Morgan fingerprint density at radius 1 is 1.11 bits per heavy atom. The topological polar surface area (TPSA) is 166 Å². The van der Waals surface area contributed by atoms with Crippen LogP contribution in [0.5, 0.6) is 0 Å². The fourth-order valence-electron chi connectivity index (χ4n) is 2.98. The van der Waals surface area contributed by atoms with E-state index >= 15 is 0 Å². The largest absolute Gasteiger partial charge is 0.392 e. The van der Waals surface area contributed by atoms with Gasteiger partial charge in [-0.15, -0.1) is 0 Å². The van der Waals surface area contributed by atoms with Crippen LogP contribution in [-0.2, 0) is 25.7 Å². The number of ketones is 1. The Kier molecular flexibility index (Phi) is 13.0. The number of nitrogens with one attached hydrogen (secondary N) is 3. The Hall–Kier alpha value is -2.98. The highest BCUT2D eigenvalue weighted by atomic mass is 16.5. The van der Waals surface area contributed by atoms with Crippen LogP contribution in [0, 0.1) is 5.92 Å². The normalized spacial score (nSPS) is 13.8. The maximum absolute atomic E-state index is 12.4. The third kappa shape index (κ3) is 11.8. The van der Waals surface area contributed by atoms with Gasteiger partial charge in [0, 0.05) is 29.7 Å². The van der Waals surface area contributed by atoms with Crippen LogP contribution >= 0.6 is 0 Å². The Labute approximate surface area is 206 Å². The van der Waals surface area contributed by atoms with Crippen LogP contribution < -0.4 is 16.0 Å². The van der Waals surface area contributed by atoms with Crippen LogP contribution in [-0.4, -0.2) is 60.1 Å². The van der Waals surface area contributed by atoms with Crippen LogP contribution in [0.4, 0.5) is 5.69 Å². The minimum atomic E-state index is -0.779. The first-order valence-electron chi connectivity index (χ1n) is 11.7. The van der Waals surface area contributed by atoms with E-state index in [-0.39, 0.29) is 30.8 Å². The summed E-state index contributed by atoms with van der Waals surface area (Å²) in [4.78, 5) is 39.9. The van der Waals surface area contributed by atoms with Crippen LogP contribution in [0.1, 0.15) is 53.0 Å². The molecule has 11 nitrogen and oxygen atoms in total. The van der Waals surface area contributed by atoms with Crippen molar-refractivity contribution in [3.05, 3.63) is 40.3 Å². The Balaban J connectivity index is 2.37. The number of nitrogens with zero attached hydrogens (tertiary/aromatic N) is 3. The lowest BCUT2D eigenvalue weighted by Crippen LogP contribution is -2.50. The van der Waals surface area contributed by atoms with Crippen molar-refractivity contribution in [2.45, 2.75) is 71.8 Å². The van der Waals surface area contributed by atoms with E-state index in [1.165, 1.54) is 0 Å². The molecule has 1 aromatic rings. The zero-order valence-corrected chi connectivity index (χ0v) is 21.2. The number of amides is 2. The van der Waals surface area contributed by atoms with Gasteiger partial charge in [0.2, 0.25) is 11.8 Å². The van der Waals surface area contributed by atoms with Gasteiger partial charge in [0.1, 0.15) is 11.8 Å². The van der Waals surface area contributed by atoms with Gasteiger partial charge in [-0.3, -0.25) is 19.7 Å². The average molecular weight is 491 g/mol. The molecule has 3 atom stereocenters. The molecule has 0 radical (unpaired) electrons. The third-order valence-corrected chi connectivity index (χ3v) is 5.60. The lowest BCUT2D eigenvalue weighted by molar-refractivity contribution is -0.128. The van der Waals surface area contributed by atoms with E-state index in [0.717, 1.165) is 5.56 Å². The summed E-state index contributed by atoms with van der Waals surface area (Å²) in [6.07, 6.45) is 1.11. The van der Waals surface area contributed by atoms with Gasteiger partial charge in [-0.2, -0.15) is 0 Å². The van der Waals surface area contributed by atoms with Crippen molar-refractivity contribution in [1.29, 1.82) is 0 Å². The second-order valence-electron chi connectivity index (χ2n) is 9.15. The summed E-state index contributed by atoms with van der Waals surface area (Å²) < 4.78 is 5.81. The minimum absolute atomic E-state index is 0.0216. The number of carbonyl (C=O) groups excluding carboxylic acids is 3. The monoisotopic (exact) mass is 490 g/mol. The van der Waals surface area contributed by atoms with Crippen molar-refractivity contribution in [1.82, 2.24) is 10.6 Å². The number of rotatable bonds is 16. The summed E-state index contributed by atoms with van der Waals surface area (Å²) in [5, 5.41) is 20.8. The molecule has 1 aromatic carbocycles. The molecule has 0 heterocycles. The quantitative estimate of drug-likeness (QED) is 0.158. The lowest BCUT2D eigenvalue weighted by atomic mass is 10.0.